The molecule has 3 fully saturated rings. The lowest BCUT2D eigenvalue weighted by Crippen LogP contribution is -2.62. The van der Waals surface area contributed by atoms with Crippen molar-refractivity contribution in [2.45, 2.75) is 36.7 Å². The van der Waals surface area contributed by atoms with Crippen LogP contribution < -0.4 is 26.2 Å². The third-order valence-electron chi connectivity index (χ3n) is 6.16. The molecule has 5 rings (SSSR count). The van der Waals surface area contributed by atoms with Gasteiger partial charge in [0.1, 0.15) is 0 Å². The van der Waals surface area contributed by atoms with Gasteiger partial charge in [0.2, 0.25) is 0 Å². The van der Waals surface area contributed by atoms with Gasteiger partial charge < -0.3 is 21.3 Å². The van der Waals surface area contributed by atoms with Crippen molar-refractivity contribution in [1.82, 2.24) is 21.3 Å². The maximum absolute atomic E-state index is 13.1. The van der Waals surface area contributed by atoms with E-state index in [2.05, 4.69) is 21.3 Å². The van der Waals surface area contributed by atoms with Gasteiger partial charge in [-0.3, -0.25) is 9.69 Å². The van der Waals surface area contributed by atoms with Gasteiger partial charge in [0.15, 0.2) is 0 Å². The third-order valence-corrected chi connectivity index (χ3v) is 8.25. The number of nitrogens with one attached hydrogen (secondary N) is 4. The molecule has 0 saturated carbocycles. The third kappa shape index (κ3) is 3.58. The molecule has 30 heavy (non-hydrogen) atoms. The van der Waals surface area contributed by atoms with E-state index >= 15 is 0 Å². The van der Waals surface area contributed by atoms with Crippen molar-refractivity contribution in [3.05, 3.63) is 38.8 Å². The lowest BCUT2D eigenvalue weighted by Gasteiger charge is -2.45. The topological polar surface area (TPSA) is 85.5 Å². The molecule has 0 aromatic heterocycles. The van der Waals surface area contributed by atoms with Gasteiger partial charge in [-0.1, -0.05) is 35.0 Å². The van der Waals surface area contributed by atoms with Crippen molar-refractivity contribution in [3.8, 4) is 0 Å². The Morgan fingerprint density at radius 2 is 2.07 bits per heavy atom. The Hall–Kier alpha value is -1.45. The molecule has 1 aromatic rings. The first kappa shape index (κ1) is 20.5. The SMILES string of the molecule is O=C(N[C@@H]1CCCNC1)C1=C2NC(=O)N(c3ccc(Cl)c(Cl)c3)C3CCNC(S1)C23. The van der Waals surface area contributed by atoms with Gasteiger partial charge in [0, 0.05) is 29.9 Å². The normalized spacial score (nSPS) is 30.7. The molecule has 10 heteroatoms. The molecule has 4 N–H and O–H groups in total. The van der Waals surface area contributed by atoms with Gasteiger partial charge in [-0.2, -0.15) is 0 Å². The predicted molar refractivity (Wildman–Crippen MR) is 120 cm³/mol. The standard InChI is InChI=1S/C20H23Cl2N5O2S/c21-12-4-3-11(8-13(12)22)27-14-5-7-24-19-15(14)16(26-20(27)29)17(30-19)18(28)25-10-2-1-6-23-9-10/h3-4,8,10,14-15,19,23-24H,1-2,5-7,9H2,(H,25,28)(H,26,29)/t10-,14?,15?,19?/m1/s1. The number of urea groups is 1. The largest absolute Gasteiger partial charge is 0.348 e. The Morgan fingerprint density at radius 1 is 1.20 bits per heavy atom. The monoisotopic (exact) mass is 467 g/mol. The average molecular weight is 468 g/mol. The minimum absolute atomic E-state index is 0.0149. The molecule has 4 heterocycles. The summed E-state index contributed by atoms with van der Waals surface area (Å²) in [6, 6.07) is 5.07. The fraction of sp³-hybridized carbons (Fsp3) is 0.500. The van der Waals surface area contributed by atoms with E-state index in [1.807, 2.05) is 6.07 Å². The fourth-order valence-electron chi connectivity index (χ4n) is 4.78. The number of hydrogen-bond donors (Lipinski definition) is 4. The minimum Gasteiger partial charge on any atom is -0.348 e. The number of amides is 3. The quantitative estimate of drug-likeness (QED) is 0.548. The van der Waals surface area contributed by atoms with Crippen LogP contribution >= 0.6 is 35.0 Å². The number of hydrogen-bond acceptors (Lipinski definition) is 5. The second kappa shape index (κ2) is 8.24. The number of piperidine rings is 2. The van der Waals surface area contributed by atoms with Crippen LogP contribution in [0, 0.1) is 5.92 Å². The summed E-state index contributed by atoms with van der Waals surface area (Å²) in [5.74, 6) is -0.0805. The number of rotatable bonds is 3. The molecule has 7 nitrogen and oxygen atoms in total. The van der Waals surface area contributed by atoms with E-state index in [4.69, 9.17) is 23.2 Å². The second-order valence-corrected chi connectivity index (χ2v) is 10.00. The number of thioether (sulfide) groups is 1. The summed E-state index contributed by atoms with van der Waals surface area (Å²) >= 11 is 13.8. The molecule has 1 aromatic carbocycles. The Balaban J connectivity index is 1.44. The molecule has 4 aliphatic heterocycles. The van der Waals surface area contributed by atoms with Crippen LogP contribution in [0.15, 0.2) is 28.8 Å². The van der Waals surface area contributed by atoms with Gasteiger partial charge in [-0.05, 0) is 50.6 Å². The zero-order valence-corrected chi connectivity index (χ0v) is 18.5. The number of carbonyl (C=O) groups is 2. The summed E-state index contributed by atoms with van der Waals surface area (Å²) in [5.41, 5.74) is 1.45. The summed E-state index contributed by atoms with van der Waals surface area (Å²) in [6.07, 6.45) is 2.81. The van der Waals surface area contributed by atoms with Gasteiger partial charge in [-0.15, -0.1) is 0 Å². The first-order valence-electron chi connectivity index (χ1n) is 10.2. The predicted octanol–water partition coefficient (Wildman–Crippen LogP) is 2.65. The lowest BCUT2D eigenvalue weighted by molar-refractivity contribution is -0.117. The van der Waals surface area contributed by atoms with Gasteiger partial charge in [-0.25, -0.2) is 4.79 Å². The van der Waals surface area contributed by atoms with Crippen LogP contribution in [-0.4, -0.2) is 49.0 Å². The first-order valence-corrected chi connectivity index (χ1v) is 11.9. The Labute approximate surface area is 189 Å². The van der Waals surface area contributed by atoms with E-state index < -0.39 is 0 Å². The second-order valence-electron chi connectivity index (χ2n) is 8.03. The van der Waals surface area contributed by atoms with Crippen molar-refractivity contribution in [1.29, 1.82) is 0 Å². The maximum atomic E-state index is 13.1. The van der Waals surface area contributed by atoms with Crippen LogP contribution in [0.2, 0.25) is 10.0 Å². The van der Waals surface area contributed by atoms with Gasteiger partial charge in [0.05, 0.1) is 26.4 Å². The molecular weight excluding hydrogens is 445 g/mol. The lowest BCUT2D eigenvalue weighted by atomic mass is 9.86. The van der Waals surface area contributed by atoms with Crippen molar-refractivity contribution < 1.29 is 9.59 Å². The molecule has 0 aliphatic carbocycles. The number of benzene rings is 1. The van der Waals surface area contributed by atoms with Crippen LogP contribution in [0.1, 0.15) is 19.3 Å². The maximum Gasteiger partial charge on any atom is 0.326 e. The molecule has 0 bridgehead atoms. The Morgan fingerprint density at radius 3 is 2.83 bits per heavy atom. The van der Waals surface area contributed by atoms with E-state index in [9.17, 15) is 9.59 Å². The highest BCUT2D eigenvalue weighted by molar-refractivity contribution is 8.04. The Kier molecular flexibility index (Phi) is 5.62. The summed E-state index contributed by atoms with van der Waals surface area (Å²) < 4.78 is 0. The van der Waals surface area contributed by atoms with Crippen LogP contribution in [0.5, 0.6) is 0 Å². The average Bonchev–Trinajstić information content (AvgIpc) is 3.11. The molecule has 3 saturated heterocycles. The molecule has 4 atom stereocenters. The summed E-state index contributed by atoms with van der Waals surface area (Å²) in [4.78, 5) is 28.6. The van der Waals surface area contributed by atoms with Crippen molar-refractivity contribution in [2.24, 2.45) is 5.92 Å². The number of anilines is 1. The molecule has 0 radical (unpaired) electrons. The zero-order chi connectivity index (χ0) is 20.8. The van der Waals surface area contributed by atoms with Crippen LogP contribution in [0.3, 0.4) is 0 Å². The smallest absolute Gasteiger partial charge is 0.326 e. The van der Waals surface area contributed by atoms with E-state index in [-0.39, 0.29) is 35.3 Å². The molecule has 0 spiro atoms. The first-order chi connectivity index (χ1) is 14.5. The van der Waals surface area contributed by atoms with E-state index in [0.29, 0.717) is 20.6 Å². The van der Waals surface area contributed by atoms with E-state index in [1.54, 1.807) is 17.0 Å². The molecule has 3 unspecified atom stereocenters. The van der Waals surface area contributed by atoms with Crippen molar-refractivity contribution >= 4 is 52.6 Å². The summed E-state index contributed by atoms with van der Waals surface area (Å²) in [5, 5.41) is 13.9. The van der Waals surface area contributed by atoms with Gasteiger partial charge >= 0.3 is 6.03 Å². The molecule has 160 valence electrons. The summed E-state index contributed by atoms with van der Waals surface area (Å²) in [6.45, 7) is 2.55. The summed E-state index contributed by atoms with van der Waals surface area (Å²) in [7, 11) is 0. The van der Waals surface area contributed by atoms with Crippen molar-refractivity contribution in [3.63, 3.8) is 0 Å². The molecule has 4 aliphatic rings. The van der Waals surface area contributed by atoms with Crippen LogP contribution in [0.25, 0.3) is 0 Å². The number of nitrogens with zero attached hydrogens (tertiary/aromatic N) is 1. The van der Waals surface area contributed by atoms with Crippen LogP contribution in [0.4, 0.5) is 10.5 Å². The van der Waals surface area contributed by atoms with Gasteiger partial charge in [0.25, 0.3) is 5.91 Å². The fourth-order valence-corrected chi connectivity index (χ4v) is 6.48. The van der Waals surface area contributed by atoms with Crippen LogP contribution in [-0.2, 0) is 4.79 Å². The molecular formula is C20H23Cl2N5O2S. The zero-order valence-electron chi connectivity index (χ0n) is 16.2. The Bertz CT molecular complexity index is 920. The van der Waals surface area contributed by atoms with E-state index in [0.717, 1.165) is 44.6 Å². The highest BCUT2D eigenvalue weighted by atomic mass is 35.5. The highest BCUT2D eigenvalue weighted by Crippen LogP contribution is 2.48. The number of carbonyl (C=O) groups excluding carboxylic acids is 2. The molecule has 3 amide bonds. The number of halogens is 2. The van der Waals surface area contributed by atoms with E-state index in [1.165, 1.54) is 11.8 Å². The highest BCUT2D eigenvalue weighted by Gasteiger charge is 2.51. The van der Waals surface area contributed by atoms with Crippen molar-refractivity contribution in [2.75, 3.05) is 24.5 Å². The minimum atomic E-state index is -0.238.